The summed E-state index contributed by atoms with van der Waals surface area (Å²) in [4.78, 5) is 4.72. The lowest BCUT2D eigenvalue weighted by Crippen LogP contribution is -2.55. The monoisotopic (exact) mass is 268 g/mol. The highest BCUT2D eigenvalue weighted by Gasteiger charge is 2.29. The van der Waals surface area contributed by atoms with Gasteiger partial charge in [-0.1, -0.05) is 12.0 Å². The first-order valence-electron chi connectivity index (χ1n) is 6.97. The number of aromatic nitrogens is 2. The molecule has 2 heterocycles. The van der Waals surface area contributed by atoms with Gasteiger partial charge in [0.2, 0.25) is 5.89 Å². The molecule has 6 nitrogen and oxygen atoms in total. The molecule has 1 aliphatic rings. The van der Waals surface area contributed by atoms with Gasteiger partial charge in [0.05, 0.1) is 0 Å². The van der Waals surface area contributed by atoms with Gasteiger partial charge in [-0.3, -0.25) is 4.90 Å². The smallest absolute Gasteiger partial charge is 0.318 e. The fourth-order valence-electron chi connectivity index (χ4n) is 2.64. The summed E-state index contributed by atoms with van der Waals surface area (Å²) < 4.78 is 10.6. The largest absolute Gasteiger partial charge is 0.405 e. The molecule has 108 valence electrons. The zero-order valence-electron chi connectivity index (χ0n) is 12.3. The number of methoxy groups -OCH3 is 1. The third-order valence-electron chi connectivity index (χ3n) is 3.66. The van der Waals surface area contributed by atoms with E-state index in [9.17, 15) is 0 Å². The summed E-state index contributed by atoms with van der Waals surface area (Å²) >= 11 is 0. The second kappa shape index (κ2) is 6.34. The Balaban J connectivity index is 2.02. The lowest BCUT2D eigenvalue weighted by Gasteiger charge is -2.42. The predicted molar refractivity (Wildman–Crippen MR) is 73.1 cm³/mol. The van der Waals surface area contributed by atoms with E-state index in [1.165, 1.54) is 0 Å². The molecule has 0 spiro atoms. The van der Waals surface area contributed by atoms with Gasteiger partial charge in [0.25, 0.3) is 0 Å². The fourth-order valence-corrected chi connectivity index (χ4v) is 2.64. The van der Waals surface area contributed by atoms with Gasteiger partial charge in [-0.15, -0.1) is 5.10 Å². The van der Waals surface area contributed by atoms with Gasteiger partial charge >= 0.3 is 6.01 Å². The predicted octanol–water partition coefficient (Wildman–Crippen LogP) is 1.52. The minimum absolute atomic E-state index is 0.371. The molecule has 0 amide bonds. The van der Waals surface area contributed by atoms with Gasteiger partial charge in [0.1, 0.15) is 6.61 Å². The summed E-state index contributed by atoms with van der Waals surface area (Å²) in [6, 6.07) is 1.75. The van der Waals surface area contributed by atoms with Crippen molar-refractivity contribution in [2.75, 3.05) is 31.6 Å². The number of hydrogen-bond donors (Lipinski definition) is 0. The van der Waals surface area contributed by atoms with E-state index in [0.717, 1.165) is 26.1 Å². The van der Waals surface area contributed by atoms with Crippen LogP contribution in [0.15, 0.2) is 4.42 Å². The summed E-state index contributed by atoms with van der Waals surface area (Å²) in [7, 11) is 1.62. The van der Waals surface area contributed by atoms with E-state index in [1.54, 1.807) is 7.11 Å². The molecule has 0 aliphatic carbocycles. The molecule has 0 radical (unpaired) electrons. The van der Waals surface area contributed by atoms with Crippen LogP contribution in [0.4, 0.5) is 6.01 Å². The highest BCUT2D eigenvalue weighted by molar-refractivity contribution is 5.26. The Bertz CT molecular complexity index is 394. The molecule has 0 saturated carbocycles. The molecule has 0 aromatic carbocycles. The first-order valence-corrected chi connectivity index (χ1v) is 6.97. The van der Waals surface area contributed by atoms with Gasteiger partial charge in [-0.25, -0.2) is 0 Å². The van der Waals surface area contributed by atoms with Crippen LogP contribution in [0.3, 0.4) is 0 Å². The third-order valence-corrected chi connectivity index (χ3v) is 3.66. The van der Waals surface area contributed by atoms with E-state index in [1.807, 2.05) is 0 Å². The lowest BCUT2D eigenvalue weighted by atomic mass is 10.1. The molecule has 1 fully saturated rings. The number of rotatable bonds is 5. The van der Waals surface area contributed by atoms with Crippen LogP contribution in [0.1, 0.15) is 33.1 Å². The fraction of sp³-hybridized carbons (Fsp3) is 0.846. The van der Waals surface area contributed by atoms with E-state index in [4.69, 9.17) is 9.15 Å². The summed E-state index contributed by atoms with van der Waals surface area (Å²) in [6.07, 6.45) is 1.13. The number of anilines is 1. The molecule has 1 aromatic heterocycles. The van der Waals surface area contributed by atoms with Crippen LogP contribution in [-0.2, 0) is 11.3 Å². The molecule has 0 N–H and O–H groups in total. The van der Waals surface area contributed by atoms with Crippen LogP contribution in [0.2, 0.25) is 0 Å². The Hall–Kier alpha value is -1.14. The van der Waals surface area contributed by atoms with Crippen LogP contribution < -0.4 is 4.90 Å². The summed E-state index contributed by atoms with van der Waals surface area (Å²) in [5.41, 5.74) is 0. The Kier molecular flexibility index (Phi) is 4.76. The number of piperazine rings is 1. The number of nitrogens with zero attached hydrogens (tertiary/aromatic N) is 4. The standard InChI is InChI=1S/C13H24N4O2/c1-5-11-8-16(6-7-17(11)10(2)3)13-15-14-12(19-13)9-18-4/h10-11H,5-9H2,1-4H3. The first kappa shape index (κ1) is 14.3. The number of ether oxygens (including phenoxy) is 1. The maximum absolute atomic E-state index is 5.61. The second-order valence-electron chi connectivity index (χ2n) is 5.25. The second-order valence-corrected chi connectivity index (χ2v) is 5.25. The minimum atomic E-state index is 0.371. The van der Waals surface area contributed by atoms with Crippen LogP contribution in [-0.4, -0.2) is 53.9 Å². The molecule has 1 aromatic rings. The average Bonchev–Trinajstić information content (AvgIpc) is 2.87. The molecule has 2 rings (SSSR count). The van der Waals surface area contributed by atoms with Crippen LogP contribution in [0, 0.1) is 0 Å². The maximum Gasteiger partial charge on any atom is 0.318 e. The van der Waals surface area contributed by atoms with Gasteiger partial charge in [-0.2, -0.15) is 0 Å². The van der Waals surface area contributed by atoms with Crippen molar-refractivity contribution in [3.8, 4) is 0 Å². The van der Waals surface area contributed by atoms with E-state index in [0.29, 0.717) is 30.6 Å². The van der Waals surface area contributed by atoms with E-state index < -0.39 is 0 Å². The molecule has 1 saturated heterocycles. The van der Waals surface area contributed by atoms with E-state index >= 15 is 0 Å². The highest BCUT2D eigenvalue weighted by atomic mass is 16.5. The Morgan fingerprint density at radius 2 is 2.16 bits per heavy atom. The van der Waals surface area contributed by atoms with Crippen LogP contribution in [0.25, 0.3) is 0 Å². The van der Waals surface area contributed by atoms with Gasteiger partial charge in [0.15, 0.2) is 0 Å². The van der Waals surface area contributed by atoms with E-state index in [-0.39, 0.29) is 0 Å². The lowest BCUT2D eigenvalue weighted by molar-refractivity contribution is 0.129. The van der Waals surface area contributed by atoms with Crippen LogP contribution in [0.5, 0.6) is 0 Å². The van der Waals surface area contributed by atoms with E-state index in [2.05, 4.69) is 40.8 Å². The van der Waals surface area contributed by atoms with Crippen molar-refractivity contribution >= 4 is 6.01 Å². The zero-order chi connectivity index (χ0) is 13.8. The molecular weight excluding hydrogens is 244 g/mol. The van der Waals surface area contributed by atoms with Crippen molar-refractivity contribution in [3.05, 3.63) is 5.89 Å². The molecule has 1 atom stereocenters. The third kappa shape index (κ3) is 3.25. The quantitative estimate of drug-likeness (QED) is 0.807. The normalized spacial score (nSPS) is 21.3. The van der Waals surface area contributed by atoms with Gasteiger partial charge in [0, 0.05) is 38.8 Å². The zero-order valence-corrected chi connectivity index (χ0v) is 12.3. The summed E-state index contributed by atoms with van der Waals surface area (Å²) in [5, 5.41) is 8.10. The molecule has 1 aliphatic heterocycles. The van der Waals surface area contributed by atoms with Crippen molar-refractivity contribution in [3.63, 3.8) is 0 Å². The van der Waals surface area contributed by atoms with Crippen molar-refractivity contribution in [2.45, 2.75) is 45.9 Å². The Morgan fingerprint density at radius 1 is 1.37 bits per heavy atom. The maximum atomic E-state index is 5.61. The van der Waals surface area contributed by atoms with Gasteiger partial charge in [-0.05, 0) is 20.3 Å². The van der Waals surface area contributed by atoms with Crippen molar-refractivity contribution in [1.29, 1.82) is 0 Å². The molecule has 1 unspecified atom stereocenters. The highest BCUT2D eigenvalue weighted by Crippen LogP contribution is 2.21. The van der Waals surface area contributed by atoms with Gasteiger partial charge < -0.3 is 14.1 Å². The number of hydrogen-bond acceptors (Lipinski definition) is 6. The SMILES string of the molecule is CCC1CN(c2nnc(COC)o2)CCN1C(C)C. The van der Waals surface area contributed by atoms with Crippen molar-refractivity contribution < 1.29 is 9.15 Å². The van der Waals surface area contributed by atoms with Crippen molar-refractivity contribution in [2.24, 2.45) is 0 Å². The minimum Gasteiger partial charge on any atom is -0.405 e. The average molecular weight is 268 g/mol. The van der Waals surface area contributed by atoms with Crippen LogP contribution >= 0.6 is 0 Å². The summed E-state index contributed by atoms with van der Waals surface area (Å²) in [5.74, 6) is 0.539. The molecular formula is C13H24N4O2. The van der Waals surface area contributed by atoms with Crippen molar-refractivity contribution in [1.82, 2.24) is 15.1 Å². The molecule has 6 heteroatoms. The topological polar surface area (TPSA) is 54.6 Å². The first-order chi connectivity index (χ1) is 9.15. The summed E-state index contributed by atoms with van der Waals surface area (Å²) in [6.45, 7) is 10.0. The Labute approximate surface area is 114 Å². The molecule has 19 heavy (non-hydrogen) atoms. The molecule has 0 bridgehead atoms. The Morgan fingerprint density at radius 3 is 2.79 bits per heavy atom.